The summed E-state index contributed by atoms with van der Waals surface area (Å²) in [6.45, 7) is 4.93. The number of carbonyl (C=O) groups excluding carboxylic acids is 3. The van der Waals surface area contributed by atoms with Crippen LogP contribution in [0.25, 0.3) is 22.4 Å². The Balaban J connectivity index is 1.54. The smallest absolute Gasteiger partial charge is 0.312 e. The van der Waals surface area contributed by atoms with Crippen molar-refractivity contribution >= 4 is 28.6 Å². The Kier molecular flexibility index (Phi) is 5.70. The van der Waals surface area contributed by atoms with E-state index >= 15 is 0 Å². The molecule has 2 aromatic heterocycles. The molecule has 0 atom stereocenters. The van der Waals surface area contributed by atoms with E-state index in [1.807, 2.05) is 24.3 Å². The molecule has 1 fully saturated rings. The lowest BCUT2D eigenvalue weighted by Crippen LogP contribution is -2.54. The summed E-state index contributed by atoms with van der Waals surface area (Å²) in [6, 6.07) is 12.7. The lowest BCUT2D eigenvalue weighted by molar-refractivity contribution is -0.147. The average Bonchev–Trinajstić information content (AvgIpc) is 3.32. The van der Waals surface area contributed by atoms with Gasteiger partial charge in [-0.3, -0.25) is 14.4 Å². The summed E-state index contributed by atoms with van der Waals surface area (Å²) in [4.78, 5) is 45.5. The standard InChI is InChI=1S/C23H24N4O4/c1-15(2)24-21(28)23(30)27-11-9-26(10-12-27)22(29)17-14-19(20-8-5-13-31-20)25-18-7-4-3-6-16(17)18/h3-8,13-15H,9-12H2,1-2H3,(H,24,28). The molecule has 1 aliphatic heterocycles. The molecule has 31 heavy (non-hydrogen) atoms. The lowest BCUT2D eigenvalue weighted by Gasteiger charge is -2.34. The van der Waals surface area contributed by atoms with E-state index in [1.54, 1.807) is 43.2 Å². The Bertz CT molecular complexity index is 1120. The van der Waals surface area contributed by atoms with E-state index in [1.165, 1.54) is 4.90 Å². The van der Waals surface area contributed by atoms with Gasteiger partial charge in [0.25, 0.3) is 5.91 Å². The molecule has 0 bridgehead atoms. The second kappa shape index (κ2) is 8.59. The fourth-order valence-corrected chi connectivity index (χ4v) is 3.65. The molecular formula is C23H24N4O4. The number of amides is 3. The molecule has 1 aromatic carbocycles. The summed E-state index contributed by atoms with van der Waals surface area (Å²) < 4.78 is 5.47. The Morgan fingerprint density at radius 2 is 1.71 bits per heavy atom. The van der Waals surface area contributed by atoms with Crippen LogP contribution >= 0.6 is 0 Å². The molecule has 160 valence electrons. The molecule has 3 aromatic rings. The van der Waals surface area contributed by atoms with E-state index in [9.17, 15) is 14.4 Å². The van der Waals surface area contributed by atoms with Crippen LogP contribution in [-0.2, 0) is 9.59 Å². The largest absolute Gasteiger partial charge is 0.463 e. The molecule has 4 rings (SSSR count). The number of aromatic nitrogens is 1. The zero-order chi connectivity index (χ0) is 22.0. The predicted octanol–water partition coefficient (Wildman–Crippen LogP) is 2.30. The first kappa shape index (κ1) is 20.6. The number of furan rings is 1. The Morgan fingerprint density at radius 1 is 1.00 bits per heavy atom. The van der Waals surface area contributed by atoms with Crippen LogP contribution in [0.5, 0.6) is 0 Å². The third-order valence-corrected chi connectivity index (χ3v) is 5.19. The number of para-hydroxylation sites is 1. The highest BCUT2D eigenvalue weighted by molar-refractivity contribution is 6.35. The molecule has 0 unspecified atom stereocenters. The van der Waals surface area contributed by atoms with Gasteiger partial charge in [-0.1, -0.05) is 18.2 Å². The van der Waals surface area contributed by atoms with Crippen molar-refractivity contribution in [3.05, 3.63) is 54.3 Å². The first-order chi connectivity index (χ1) is 14.9. The summed E-state index contributed by atoms with van der Waals surface area (Å²) in [7, 11) is 0. The van der Waals surface area contributed by atoms with Crippen LogP contribution < -0.4 is 5.32 Å². The molecular weight excluding hydrogens is 396 g/mol. The van der Waals surface area contributed by atoms with Crippen LogP contribution in [0.15, 0.2) is 53.1 Å². The summed E-state index contributed by atoms with van der Waals surface area (Å²) in [5, 5.41) is 3.37. The van der Waals surface area contributed by atoms with Crippen molar-refractivity contribution in [2.24, 2.45) is 0 Å². The maximum atomic E-state index is 13.4. The number of nitrogens with zero attached hydrogens (tertiary/aromatic N) is 3. The molecule has 0 aliphatic carbocycles. The number of rotatable bonds is 3. The van der Waals surface area contributed by atoms with Crippen molar-refractivity contribution in [1.29, 1.82) is 0 Å². The normalized spacial score (nSPS) is 14.2. The van der Waals surface area contributed by atoms with E-state index in [2.05, 4.69) is 10.3 Å². The van der Waals surface area contributed by atoms with E-state index < -0.39 is 11.8 Å². The van der Waals surface area contributed by atoms with Crippen molar-refractivity contribution in [3.63, 3.8) is 0 Å². The number of hydrogen-bond donors (Lipinski definition) is 1. The third-order valence-electron chi connectivity index (χ3n) is 5.19. The van der Waals surface area contributed by atoms with Crippen molar-refractivity contribution in [1.82, 2.24) is 20.1 Å². The number of hydrogen-bond acceptors (Lipinski definition) is 5. The zero-order valence-corrected chi connectivity index (χ0v) is 17.5. The summed E-state index contributed by atoms with van der Waals surface area (Å²) in [5.74, 6) is -0.718. The molecule has 1 aliphatic rings. The van der Waals surface area contributed by atoms with Crippen molar-refractivity contribution < 1.29 is 18.8 Å². The van der Waals surface area contributed by atoms with E-state index in [4.69, 9.17) is 4.42 Å². The summed E-state index contributed by atoms with van der Waals surface area (Å²) in [6.07, 6.45) is 1.57. The van der Waals surface area contributed by atoms with Gasteiger partial charge in [-0.25, -0.2) is 4.98 Å². The Hall–Kier alpha value is -3.68. The first-order valence-corrected chi connectivity index (χ1v) is 10.3. The minimum Gasteiger partial charge on any atom is -0.463 e. The minimum atomic E-state index is -0.613. The topological polar surface area (TPSA) is 95.8 Å². The van der Waals surface area contributed by atoms with Crippen LogP contribution in [0.4, 0.5) is 0 Å². The maximum absolute atomic E-state index is 13.4. The van der Waals surface area contributed by atoms with Gasteiger partial charge in [0.05, 0.1) is 17.3 Å². The molecule has 0 spiro atoms. The molecule has 1 N–H and O–H groups in total. The summed E-state index contributed by atoms with van der Waals surface area (Å²) >= 11 is 0. The van der Waals surface area contributed by atoms with Gasteiger partial charge < -0.3 is 19.5 Å². The minimum absolute atomic E-state index is 0.109. The number of fused-ring (bicyclic) bond motifs is 1. The highest BCUT2D eigenvalue weighted by Gasteiger charge is 2.29. The van der Waals surface area contributed by atoms with Gasteiger partial charge in [0.1, 0.15) is 5.69 Å². The molecule has 3 amide bonds. The molecule has 8 heteroatoms. The molecule has 3 heterocycles. The number of pyridine rings is 1. The van der Waals surface area contributed by atoms with Gasteiger partial charge >= 0.3 is 11.8 Å². The van der Waals surface area contributed by atoms with Crippen LogP contribution in [0, 0.1) is 0 Å². The highest BCUT2D eigenvalue weighted by atomic mass is 16.3. The van der Waals surface area contributed by atoms with Gasteiger partial charge in [0, 0.05) is 37.6 Å². The van der Waals surface area contributed by atoms with Crippen molar-refractivity contribution in [3.8, 4) is 11.5 Å². The molecule has 8 nitrogen and oxygen atoms in total. The zero-order valence-electron chi connectivity index (χ0n) is 17.5. The second-order valence-corrected chi connectivity index (χ2v) is 7.76. The Labute approximate surface area is 179 Å². The number of benzene rings is 1. The number of nitrogens with one attached hydrogen (secondary N) is 1. The second-order valence-electron chi connectivity index (χ2n) is 7.76. The fraction of sp³-hybridized carbons (Fsp3) is 0.304. The molecule has 1 saturated heterocycles. The highest BCUT2D eigenvalue weighted by Crippen LogP contribution is 2.26. The van der Waals surface area contributed by atoms with Crippen LogP contribution in [0.2, 0.25) is 0 Å². The van der Waals surface area contributed by atoms with E-state index in [0.29, 0.717) is 48.7 Å². The van der Waals surface area contributed by atoms with Gasteiger partial charge in [0.15, 0.2) is 5.76 Å². The first-order valence-electron chi connectivity index (χ1n) is 10.3. The predicted molar refractivity (Wildman–Crippen MR) is 115 cm³/mol. The summed E-state index contributed by atoms with van der Waals surface area (Å²) in [5.41, 5.74) is 1.83. The number of piperazine rings is 1. The van der Waals surface area contributed by atoms with Gasteiger partial charge in [-0.2, -0.15) is 0 Å². The third kappa shape index (κ3) is 4.28. The number of carbonyl (C=O) groups is 3. The van der Waals surface area contributed by atoms with Crippen LogP contribution in [-0.4, -0.2) is 64.7 Å². The van der Waals surface area contributed by atoms with E-state index in [-0.39, 0.29) is 11.9 Å². The van der Waals surface area contributed by atoms with Crippen LogP contribution in [0.1, 0.15) is 24.2 Å². The van der Waals surface area contributed by atoms with E-state index in [0.717, 1.165) is 5.39 Å². The monoisotopic (exact) mass is 420 g/mol. The average molecular weight is 420 g/mol. The lowest BCUT2D eigenvalue weighted by atomic mass is 10.0. The fourth-order valence-electron chi connectivity index (χ4n) is 3.65. The van der Waals surface area contributed by atoms with Crippen LogP contribution in [0.3, 0.4) is 0 Å². The van der Waals surface area contributed by atoms with Gasteiger partial charge in [-0.05, 0) is 38.1 Å². The van der Waals surface area contributed by atoms with Crippen molar-refractivity contribution in [2.45, 2.75) is 19.9 Å². The SMILES string of the molecule is CC(C)NC(=O)C(=O)N1CCN(C(=O)c2cc(-c3ccco3)nc3ccccc23)CC1. The molecule has 0 radical (unpaired) electrons. The molecule has 0 saturated carbocycles. The van der Waals surface area contributed by atoms with Gasteiger partial charge in [0.2, 0.25) is 0 Å². The Morgan fingerprint density at radius 3 is 2.39 bits per heavy atom. The maximum Gasteiger partial charge on any atom is 0.312 e. The van der Waals surface area contributed by atoms with Crippen molar-refractivity contribution in [2.75, 3.05) is 26.2 Å². The van der Waals surface area contributed by atoms with Gasteiger partial charge in [-0.15, -0.1) is 0 Å². The quantitative estimate of drug-likeness (QED) is 0.656.